The fraction of sp³-hybridized carbons (Fsp3) is 0. The van der Waals surface area contributed by atoms with E-state index in [9.17, 15) is 0 Å². The summed E-state index contributed by atoms with van der Waals surface area (Å²) >= 11 is 5.62. The van der Waals surface area contributed by atoms with E-state index >= 15 is 0 Å². The summed E-state index contributed by atoms with van der Waals surface area (Å²) in [6, 6.07) is 8.22. The molecule has 0 unspecified atom stereocenters. The van der Waals surface area contributed by atoms with Gasteiger partial charge in [-0.3, -0.25) is 0 Å². The predicted molar refractivity (Wildman–Crippen MR) is 46.5 cm³/mol. The molecule has 1 aromatic rings. The molecule has 62 valence electrons. The Morgan fingerprint density at radius 1 is 1.46 bits per heavy atom. The Kier molecular flexibility index (Phi) is 5.76. The van der Waals surface area contributed by atoms with Crippen LogP contribution in [0.2, 0.25) is 5.02 Å². The van der Waals surface area contributed by atoms with E-state index in [0.29, 0.717) is 10.6 Å². The molecule has 3 nitrogen and oxygen atoms in total. The van der Waals surface area contributed by atoms with Gasteiger partial charge in [0.1, 0.15) is 6.07 Å². The first-order valence-electron chi connectivity index (χ1n) is 3.16. The van der Waals surface area contributed by atoms with Crippen molar-refractivity contribution < 1.29 is 36.2 Å². The zero-order valence-corrected chi connectivity index (χ0v) is 9.78. The first kappa shape index (κ1) is 12.5. The molecule has 0 aliphatic rings. The summed E-state index contributed by atoms with van der Waals surface area (Å²) < 4.78 is 0. The van der Waals surface area contributed by atoms with Gasteiger partial charge >= 0.3 is 29.6 Å². The van der Waals surface area contributed by atoms with Crippen LogP contribution in [0.15, 0.2) is 29.4 Å². The molecule has 0 aromatic heterocycles. The van der Waals surface area contributed by atoms with E-state index in [1.165, 1.54) is 0 Å². The first-order valence-corrected chi connectivity index (χ1v) is 3.54. The maximum atomic E-state index is 8.47. The number of nitrogens with zero attached hydrogens (tertiary/aromatic N) is 2. The normalized spacial score (nSPS) is 10.0. The van der Waals surface area contributed by atoms with Crippen LogP contribution in [0, 0.1) is 11.3 Å². The summed E-state index contributed by atoms with van der Waals surface area (Å²) in [6.45, 7) is 0. The second-order valence-corrected chi connectivity index (χ2v) is 2.50. The van der Waals surface area contributed by atoms with Crippen molar-refractivity contribution in [3.05, 3.63) is 34.9 Å². The Balaban J connectivity index is 0. The fourth-order valence-corrected chi connectivity index (χ4v) is 0.878. The Hall–Kier alpha value is -0.530. The predicted octanol–water partition coefficient (Wildman–Crippen LogP) is -0.842. The third-order valence-corrected chi connectivity index (χ3v) is 1.58. The molecule has 0 atom stereocenters. The van der Waals surface area contributed by atoms with Crippen LogP contribution in [0.4, 0.5) is 0 Å². The van der Waals surface area contributed by atoms with Crippen LogP contribution in [-0.4, -0.2) is 10.9 Å². The maximum Gasteiger partial charge on any atom is 1.00 e. The molecule has 0 amide bonds. The van der Waals surface area contributed by atoms with Crippen LogP contribution in [0.5, 0.6) is 0 Å². The molecule has 0 radical (unpaired) electrons. The van der Waals surface area contributed by atoms with Crippen molar-refractivity contribution in [2.45, 2.75) is 0 Å². The van der Waals surface area contributed by atoms with Gasteiger partial charge in [-0.1, -0.05) is 28.9 Å². The molecule has 0 aliphatic carbocycles. The Bertz CT molecular complexity index is 347. The number of oxime groups is 1. The Morgan fingerprint density at radius 2 is 2.00 bits per heavy atom. The SMILES string of the molecule is N#CC(=NO)c1ccc(Cl)cc1.[H-].[Na+]. The third kappa shape index (κ3) is 3.37. The molecule has 0 aliphatic heterocycles. The molecular formula is C8H6ClN2NaO. The molecule has 5 heteroatoms. The third-order valence-electron chi connectivity index (χ3n) is 1.32. The van der Waals surface area contributed by atoms with Gasteiger partial charge in [0.25, 0.3) is 0 Å². The van der Waals surface area contributed by atoms with Crippen molar-refractivity contribution in [1.82, 2.24) is 0 Å². The van der Waals surface area contributed by atoms with E-state index in [1.54, 1.807) is 30.3 Å². The number of rotatable bonds is 1. The molecular weight excluding hydrogens is 199 g/mol. The zero-order valence-electron chi connectivity index (χ0n) is 8.03. The monoisotopic (exact) mass is 204 g/mol. The second-order valence-electron chi connectivity index (χ2n) is 2.07. The van der Waals surface area contributed by atoms with Crippen LogP contribution < -0.4 is 29.6 Å². The van der Waals surface area contributed by atoms with Crippen LogP contribution in [0.3, 0.4) is 0 Å². The summed E-state index contributed by atoms with van der Waals surface area (Å²) in [5, 5.41) is 20.3. The molecule has 1 N–H and O–H groups in total. The molecule has 0 saturated heterocycles. The summed E-state index contributed by atoms with van der Waals surface area (Å²) in [4.78, 5) is 0. The Labute approximate surface area is 104 Å². The number of halogens is 1. The van der Waals surface area contributed by atoms with E-state index in [-0.39, 0.29) is 36.7 Å². The van der Waals surface area contributed by atoms with Crippen LogP contribution in [0.25, 0.3) is 0 Å². The first-order chi connectivity index (χ1) is 5.77. The van der Waals surface area contributed by atoms with E-state index < -0.39 is 0 Å². The van der Waals surface area contributed by atoms with Crippen LogP contribution in [0.1, 0.15) is 6.99 Å². The second kappa shape index (κ2) is 6.01. The van der Waals surface area contributed by atoms with Gasteiger partial charge in [0.15, 0.2) is 5.71 Å². The summed E-state index contributed by atoms with van der Waals surface area (Å²) in [5.41, 5.74) is 0.524. The van der Waals surface area contributed by atoms with Gasteiger partial charge in [0.2, 0.25) is 0 Å². The van der Waals surface area contributed by atoms with E-state index in [2.05, 4.69) is 5.16 Å². The number of hydrogen-bond donors (Lipinski definition) is 1. The molecule has 0 heterocycles. The van der Waals surface area contributed by atoms with Crippen molar-refractivity contribution >= 4 is 17.3 Å². The topological polar surface area (TPSA) is 56.4 Å². The summed E-state index contributed by atoms with van der Waals surface area (Å²) in [5.74, 6) is 0. The van der Waals surface area contributed by atoms with Gasteiger partial charge in [-0.05, 0) is 12.1 Å². The molecule has 0 fully saturated rings. The van der Waals surface area contributed by atoms with Gasteiger partial charge in [-0.15, -0.1) is 0 Å². The van der Waals surface area contributed by atoms with Gasteiger partial charge < -0.3 is 6.63 Å². The average molecular weight is 205 g/mol. The molecule has 1 aromatic carbocycles. The summed E-state index contributed by atoms with van der Waals surface area (Å²) in [7, 11) is 0. The van der Waals surface area contributed by atoms with E-state index in [1.807, 2.05) is 0 Å². The average Bonchev–Trinajstić information content (AvgIpc) is 2.10. The van der Waals surface area contributed by atoms with Crippen molar-refractivity contribution in [3.8, 4) is 6.07 Å². The largest absolute Gasteiger partial charge is 1.00 e. The van der Waals surface area contributed by atoms with Crippen molar-refractivity contribution in [2.75, 3.05) is 0 Å². The van der Waals surface area contributed by atoms with Crippen LogP contribution >= 0.6 is 11.6 Å². The molecule has 1 rings (SSSR count). The van der Waals surface area contributed by atoms with Crippen molar-refractivity contribution in [1.29, 1.82) is 5.26 Å². The molecule has 0 spiro atoms. The number of nitriles is 1. The number of benzene rings is 1. The zero-order chi connectivity index (χ0) is 8.97. The quantitative estimate of drug-likeness (QED) is 0.281. The van der Waals surface area contributed by atoms with Gasteiger partial charge in [-0.25, -0.2) is 0 Å². The van der Waals surface area contributed by atoms with Gasteiger partial charge in [0, 0.05) is 10.6 Å². The smallest absolute Gasteiger partial charge is 1.00 e. The van der Waals surface area contributed by atoms with E-state index in [0.717, 1.165) is 0 Å². The minimum Gasteiger partial charge on any atom is -1.00 e. The molecule has 0 saturated carbocycles. The number of hydrogen-bond acceptors (Lipinski definition) is 3. The minimum absolute atomic E-state index is 0. The van der Waals surface area contributed by atoms with Gasteiger partial charge in [-0.2, -0.15) is 5.26 Å². The van der Waals surface area contributed by atoms with E-state index in [4.69, 9.17) is 22.1 Å². The van der Waals surface area contributed by atoms with Crippen molar-refractivity contribution in [2.24, 2.45) is 5.16 Å². The maximum absolute atomic E-state index is 8.47. The standard InChI is InChI=1S/C8H5ClN2O.Na.H/c9-7-3-1-6(2-4-7)8(5-10)11-12;;/h1-4,12H;;/q;+1;-1. The molecule has 13 heavy (non-hydrogen) atoms. The minimum atomic E-state index is -0.0216. The Morgan fingerprint density at radius 3 is 2.38 bits per heavy atom. The van der Waals surface area contributed by atoms with Crippen molar-refractivity contribution in [3.63, 3.8) is 0 Å². The fourth-order valence-electron chi connectivity index (χ4n) is 0.752. The molecule has 0 bridgehead atoms. The van der Waals surface area contributed by atoms with Crippen LogP contribution in [-0.2, 0) is 0 Å². The summed E-state index contributed by atoms with van der Waals surface area (Å²) in [6.07, 6.45) is 0. The van der Waals surface area contributed by atoms with Gasteiger partial charge in [0.05, 0.1) is 0 Å².